The molecular weight excluding hydrogens is 238 g/mol. The Hall–Kier alpha value is -1.81. The quantitative estimate of drug-likeness (QED) is 0.895. The largest absolute Gasteiger partial charge is 0.496 e. The van der Waals surface area contributed by atoms with Crippen LogP contribution in [-0.4, -0.2) is 23.9 Å². The van der Waals surface area contributed by atoms with Crippen LogP contribution >= 0.6 is 0 Å². The first-order valence-electron chi connectivity index (χ1n) is 6.45. The number of ether oxygens (including phenoxy) is 1. The highest BCUT2D eigenvalue weighted by Gasteiger charge is 2.08. The van der Waals surface area contributed by atoms with Crippen molar-refractivity contribution in [3.05, 3.63) is 46.8 Å². The smallest absolute Gasteiger partial charge is 0.123 e. The molecular formula is C15H21N3O. The molecule has 2 rings (SSSR count). The van der Waals surface area contributed by atoms with Gasteiger partial charge in [0.15, 0.2) is 0 Å². The molecule has 0 saturated carbocycles. The molecule has 19 heavy (non-hydrogen) atoms. The number of benzene rings is 1. The van der Waals surface area contributed by atoms with Gasteiger partial charge in [-0.15, -0.1) is 0 Å². The predicted molar refractivity (Wildman–Crippen MR) is 76.6 cm³/mol. The summed E-state index contributed by atoms with van der Waals surface area (Å²) in [6.07, 6.45) is 0. The van der Waals surface area contributed by atoms with Crippen LogP contribution in [0.25, 0.3) is 0 Å². The number of methoxy groups -OCH3 is 1. The highest BCUT2D eigenvalue weighted by molar-refractivity contribution is 5.37. The lowest BCUT2D eigenvalue weighted by Crippen LogP contribution is -2.08. The molecule has 0 unspecified atom stereocenters. The van der Waals surface area contributed by atoms with Crippen LogP contribution in [0, 0.1) is 13.8 Å². The fourth-order valence-corrected chi connectivity index (χ4v) is 2.27. The average Bonchev–Trinajstić information content (AvgIpc) is 2.69. The van der Waals surface area contributed by atoms with Gasteiger partial charge < -0.3 is 10.1 Å². The molecule has 0 aliphatic carbocycles. The third-order valence-electron chi connectivity index (χ3n) is 3.15. The van der Waals surface area contributed by atoms with Gasteiger partial charge in [-0.05, 0) is 44.7 Å². The van der Waals surface area contributed by atoms with Crippen molar-refractivity contribution in [3.8, 4) is 5.75 Å². The summed E-state index contributed by atoms with van der Waals surface area (Å²) in [7, 11) is 3.66. The number of hydrogen-bond acceptors (Lipinski definition) is 3. The van der Waals surface area contributed by atoms with Crippen molar-refractivity contribution in [1.29, 1.82) is 0 Å². The Morgan fingerprint density at radius 3 is 2.63 bits per heavy atom. The Morgan fingerprint density at radius 2 is 2.05 bits per heavy atom. The Kier molecular flexibility index (Phi) is 4.22. The van der Waals surface area contributed by atoms with E-state index < -0.39 is 0 Å². The van der Waals surface area contributed by atoms with E-state index in [9.17, 15) is 0 Å². The van der Waals surface area contributed by atoms with Gasteiger partial charge in [0, 0.05) is 17.8 Å². The van der Waals surface area contributed by atoms with Gasteiger partial charge in [0.1, 0.15) is 5.75 Å². The van der Waals surface area contributed by atoms with Gasteiger partial charge >= 0.3 is 0 Å². The summed E-state index contributed by atoms with van der Waals surface area (Å²) in [5.41, 5.74) is 4.61. The van der Waals surface area contributed by atoms with Gasteiger partial charge in [-0.3, -0.25) is 4.68 Å². The fourth-order valence-electron chi connectivity index (χ4n) is 2.27. The minimum Gasteiger partial charge on any atom is -0.496 e. The van der Waals surface area contributed by atoms with Crippen molar-refractivity contribution in [2.24, 2.45) is 0 Å². The summed E-state index contributed by atoms with van der Waals surface area (Å²) < 4.78 is 7.45. The van der Waals surface area contributed by atoms with Crippen LogP contribution in [0.1, 0.15) is 22.5 Å². The molecule has 4 nitrogen and oxygen atoms in total. The van der Waals surface area contributed by atoms with E-state index in [-0.39, 0.29) is 0 Å². The lowest BCUT2D eigenvalue weighted by atomic mass is 10.1. The molecule has 0 atom stereocenters. The molecule has 0 aliphatic heterocycles. The number of nitrogens with zero attached hydrogens (tertiary/aromatic N) is 2. The van der Waals surface area contributed by atoms with Crippen molar-refractivity contribution in [2.45, 2.75) is 26.9 Å². The molecule has 0 radical (unpaired) electrons. The van der Waals surface area contributed by atoms with E-state index in [0.29, 0.717) is 0 Å². The molecule has 2 aromatic rings. The van der Waals surface area contributed by atoms with Crippen molar-refractivity contribution < 1.29 is 4.74 Å². The van der Waals surface area contributed by atoms with E-state index in [2.05, 4.69) is 35.5 Å². The van der Waals surface area contributed by atoms with E-state index in [1.165, 1.54) is 11.3 Å². The molecule has 0 saturated heterocycles. The summed E-state index contributed by atoms with van der Waals surface area (Å²) in [5.74, 6) is 0.910. The topological polar surface area (TPSA) is 39.1 Å². The van der Waals surface area contributed by atoms with Crippen LogP contribution in [0.15, 0.2) is 24.3 Å². The number of rotatable bonds is 5. The van der Waals surface area contributed by atoms with Gasteiger partial charge in [0.2, 0.25) is 0 Å². The molecule has 4 heteroatoms. The van der Waals surface area contributed by atoms with Crippen LogP contribution < -0.4 is 10.1 Å². The minimum absolute atomic E-state index is 0.737. The second-order valence-corrected chi connectivity index (χ2v) is 4.76. The zero-order valence-electron chi connectivity index (χ0n) is 12.0. The van der Waals surface area contributed by atoms with Crippen LogP contribution in [-0.2, 0) is 13.1 Å². The van der Waals surface area contributed by atoms with Crippen molar-refractivity contribution in [3.63, 3.8) is 0 Å². The number of aryl methyl sites for hydroxylation is 2. The zero-order valence-corrected chi connectivity index (χ0v) is 12.0. The maximum Gasteiger partial charge on any atom is 0.123 e. The Balaban J connectivity index is 2.31. The van der Waals surface area contributed by atoms with Gasteiger partial charge in [-0.1, -0.05) is 6.07 Å². The lowest BCUT2D eigenvalue weighted by molar-refractivity contribution is 0.407. The molecule has 1 heterocycles. The second kappa shape index (κ2) is 5.89. The van der Waals surface area contributed by atoms with Crippen LogP contribution in [0.3, 0.4) is 0 Å². The molecule has 0 bridgehead atoms. The highest BCUT2D eigenvalue weighted by Crippen LogP contribution is 2.21. The van der Waals surface area contributed by atoms with Gasteiger partial charge in [-0.2, -0.15) is 5.10 Å². The first-order valence-corrected chi connectivity index (χ1v) is 6.45. The molecule has 0 amide bonds. The van der Waals surface area contributed by atoms with E-state index >= 15 is 0 Å². The maximum atomic E-state index is 5.44. The molecule has 0 spiro atoms. The third kappa shape index (κ3) is 3.15. The highest BCUT2D eigenvalue weighted by atomic mass is 16.5. The van der Waals surface area contributed by atoms with Crippen LogP contribution in [0.5, 0.6) is 5.75 Å². The predicted octanol–water partition coefficient (Wildman–Crippen LogP) is 2.28. The van der Waals surface area contributed by atoms with Crippen molar-refractivity contribution in [2.75, 3.05) is 14.2 Å². The summed E-state index contributed by atoms with van der Waals surface area (Å²) in [6, 6.07) is 8.36. The maximum absolute atomic E-state index is 5.44. The van der Waals surface area contributed by atoms with Crippen LogP contribution in [0.4, 0.5) is 0 Å². The van der Waals surface area contributed by atoms with Gasteiger partial charge in [0.05, 0.1) is 19.3 Å². The first kappa shape index (κ1) is 13.6. The standard InChI is InChI=1S/C15H21N3O/c1-11-7-12(2)18(17-11)10-14-8-13(9-16-3)5-6-15(14)19-4/h5-8,16H,9-10H2,1-4H3. The van der Waals surface area contributed by atoms with E-state index in [0.717, 1.165) is 30.1 Å². The summed E-state index contributed by atoms with van der Waals surface area (Å²) in [6.45, 7) is 5.68. The van der Waals surface area contributed by atoms with E-state index in [1.54, 1.807) is 7.11 Å². The van der Waals surface area contributed by atoms with Crippen molar-refractivity contribution >= 4 is 0 Å². The summed E-state index contributed by atoms with van der Waals surface area (Å²) in [4.78, 5) is 0. The lowest BCUT2D eigenvalue weighted by Gasteiger charge is -2.12. The zero-order chi connectivity index (χ0) is 13.8. The summed E-state index contributed by atoms with van der Waals surface area (Å²) >= 11 is 0. The normalized spacial score (nSPS) is 10.7. The second-order valence-electron chi connectivity index (χ2n) is 4.76. The van der Waals surface area contributed by atoms with Gasteiger partial charge in [-0.25, -0.2) is 0 Å². The molecule has 1 aromatic carbocycles. The minimum atomic E-state index is 0.737. The molecule has 1 aromatic heterocycles. The Bertz CT molecular complexity index is 561. The monoisotopic (exact) mass is 259 g/mol. The van der Waals surface area contributed by atoms with Crippen molar-refractivity contribution in [1.82, 2.24) is 15.1 Å². The Labute approximate surface area is 114 Å². The number of aromatic nitrogens is 2. The Morgan fingerprint density at radius 1 is 1.26 bits per heavy atom. The number of hydrogen-bond donors (Lipinski definition) is 1. The third-order valence-corrected chi connectivity index (χ3v) is 3.15. The SMILES string of the molecule is CNCc1ccc(OC)c(Cn2nc(C)cc2C)c1. The van der Waals surface area contributed by atoms with Crippen LogP contribution in [0.2, 0.25) is 0 Å². The van der Waals surface area contributed by atoms with Gasteiger partial charge in [0.25, 0.3) is 0 Å². The van der Waals surface area contributed by atoms with E-state index in [4.69, 9.17) is 4.74 Å². The molecule has 1 N–H and O–H groups in total. The molecule has 0 fully saturated rings. The average molecular weight is 259 g/mol. The van der Waals surface area contributed by atoms with E-state index in [1.807, 2.05) is 24.7 Å². The number of nitrogens with one attached hydrogen (secondary N) is 1. The summed E-state index contributed by atoms with van der Waals surface area (Å²) in [5, 5.41) is 7.67. The molecule has 0 aliphatic rings. The molecule has 102 valence electrons. The fraction of sp³-hybridized carbons (Fsp3) is 0.400. The first-order chi connectivity index (χ1) is 9.13.